The first kappa shape index (κ1) is 13.8. The van der Waals surface area contributed by atoms with E-state index >= 15 is 0 Å². The van der Waals surface area contributed by atoms with Gasteiger partial charge in [0.2, 0.25) is 5.91 Å². The Morgan fingerprint density at radius 1 is 1.38 bits per heavy atom. The maximum atomic E-state index is 13.7. The average molecular weight is 287 g/mol. The number of hydrogen-bond donors (Lipinski definition) is 1. The summed E-state index contributed by atoms with van der Waals surface area (Å²) in [7, 11) is 0. The lowest BCUT2D eigenvalue weighted by Crippen LogP contribution is -2.18. The van der Waals surface area contributed by atoms with Crippen LogP contribution in [-0.4, -0.2) is 15.7 Å². The summed E-state index contributed by atoms with van der Waals surface area (Å²) in [5.41, 5.74) is 0.634. The molecule has 0 saturated heterocycles. The largest absolute Gasteiger partial charge is 0.311 e. The van der Waals surface area contributed by atoms with Crippen LogP contribution in [0.1, 0.15) is 37.8 Å². The summed E-state index contributed by atoms with van der Waals surface area (Å²) in [4.78, 5) is 12.3. The molecule has 5 heteroatoms. The van der Waals surface area contributed by atoms with Crippen LogP contribution in [-0.2, 0) is 4.79 Å². The Morgan fingerprint density at radius 3 is 2.86 bits per heavy atom. The number of nitrogens with zero attached hydrogens (tertiary/aromatic N) is 2. The molecule has 3 rings (SSSR count). The average Bonchev–Trinajstić information content (AvgIpc) is 3.11. The van der Waals surface area contributed by atoms with E-state index in [9.17, 15) is 9.18 Å². The number of halogens is 1. The maximum absolute atomic E-state index is 13.7. The molecule has 21 heavy (non-hydrogen) atoms. The molecule has 4 nitrogen and oxygen atoms in total. The van der Waals surface area contributed by atoms with Crippen LogP contribution in [0.3, 0.4) is 0 Å². The van der Waals surface area contributed by atoms with Gasteiger partial charge in [-0.2, -0.15) is 5.10 Å². The lowest BCUT2D eigenvalue weighted by atomic mass is 10.1. The van der Waals surface area contributed by atoms with Crippen LogP contribution < -0.4 is 5.32 Å². The Kier molecular flexibility index (Phi) is 3.49. The molecule has 2 aromatic rings. The molecule has 0 radical (unpaired) electrons. The number of hydrogen-bond acceptors (Lipinski definition) is 2. The van der Waals surface area contributed by atoms with Crippen LogP contribution in [0.5, 0.6) is 0 Å². The molecule has 1 N–H and O–H groups in total. The van der Waals surface area contributed by atoms with E-state index in [0.717, 1.165) is 0 Å². The minimum atomic E-state index is -0.231. The number of rotatable bonds is 4. The molecule has 2 unspecified atom stereocenters. The van der Waals surface area contributed by atoms with Crippen molar-refractivity contribution in [3.8, 4) is 0 Å². The second-order valence-corrected chi connectivity index (χ2v) is 5.71. The molecule has 1 aromatic carbocycles. The van der Waals surface area contributed by atoms with E-state index in [0.29, 0.717) is 17.8 Å². The fraction of sp³-hybridized carbons (Fsp3) is 0.375. The quantitative estimate of drug-likeness (QED) is 0.937. The van der Waals surface area contributed by atoms with Crippen molar-refractivity contribution in [2.24, 2.45) is 5.92 Å². The van der Waals surface area contributed by atoms with Crippen LogP contribution in [0.15, 0.2) is 36.5 Å². The second kappa shape index (κ2) is 5.31. The predicted molar refractivity (Wildman–Crippen MR) is 78.5 cm³/mol. The molecule has 110 valence electrons. The number of anilines is 1. The van der Waals surface area contributed by atoms with Crippen molar-refractivity contribution in [1.29, 1.82) is 0 Å². The summed E-state index contributed by atoms with van der Waals surface area (Å²) in [6, 6.07) is 8.62. The molecule has 0 spiro atoms. The van der Waals surface area contributed by atoms with E-state index in [1.165, 1.54) is 6.07 Å². The summed E-state index contributed by atoms with van der Waals surface area (Å²) in [6.45, 7) is 4.00. The minimum absolute atomic E-state index is 0.0124. The normalized spacial score (nSPS) is 20.6. The van der Waals surface area contributed by atoms with Crippen molar-refractivity contribution in [3.63, 3.8) is 0 Å². The van der Waals surface area contributed by atoms with Crippen molar-refractivity contribution in [1.82, 2.24) is 9.78 Å². The molecule has 1 heterocycles. The lowest BCUT2D eigenvalue weighted by Gasteiger charge is -2.11. The summed E-state index contributed by atoms with van der Waals surface area (Å²) >= 11 is 0. The number of amides is 1. The van der Waals surface area contributed by atoms with Gasteiger partial charge in [-0.1, -0.05) is 18.2 Å². The molecular weight excluding hydrogens is 269 g/mol. The molecule has 2 atom stereocenters. The van der Waals surface area contributed by atoms with Gasteiger partial charge in [-0.15, -0.1) is 0 Å². The van der Waals surface area contributed by atoms with Crippen molar-refractivity contribution < 1.29 is 9.18 Å². The molecule has 1 aromatic heterocycles. The molecule has 1 aliphatic rings. The van der Waals surface area contributed by atoms with Gasteiger partial charge in [0, 0.05) is 18.0 Å². The molecule has 0 bridgehead atoms. The second-order valence-electron chi connectivity index (χ2n) is 5.71. The summed E-state index contributed by atoms with van der Waals surface area (Å²) in [5, 5.41) is 7.07. The van der Waals surface area contributed by atoms with Crippen LogP contribution in [0, 0.1) is 11.7 Å². The third-order valence-corrected chi connectivity index (χ3v) is 3.84. The van der Waals surface area contributed by atoms with Gasteiger partial charge in [0.1, 0.15) is 11.6 Å². The highest BCUT2D eigenvalue weighted by Gasteiger charge is 2.45. The molecule has 0 aliphatic heterocycles. The highest BCUT2D eigenvalue weighted by molar-refractivity contribution is 5.94. The van der Waals surface area contributed by atoms with Crippen LogP contribution in [0.25, 0.3) is 0 Å². The van der Waals surface area contributed by atoms with Gasteiger partial charge in [0.25, 0.3) is 0 Å². The van der Waals surface area contributed by atoms with Crippen LogP contribution in [0.4, 0.5) is 10.2 Å². The number of benzene rings is 1. The number of carbonyl (C=O) groups is 1. The van der Waals surface area contributed by atoms with E-state index in [2.05, 4.69) is 10.4 Å². The molecule has 1 aliphatic carbocycles. The maximum Gasteiger partial charge on any atom is 0.229 e. The number of carbonyl (C=O) groups excluding carboxylic acids is 1. The van der Waals surface area contributed by atoms with Gasteiger partial charge in [0.15, 0.2) is 0 Å². The van der Waals surface area contributed by atoms with Gasteiger partial charge < -0.3 is 5.32 Å². The third-order valence-electron chi connectivity index (χ3n) is 3.84. The zero-order chi connectivity index (χ0) is 15.0. The molecule has 1 amide bonds. The Morgan fingerprint density at radius 2 is 2.14 bits per heavy atom. The summed E-state index contributed by atoms with van der Waals surface area (Å²) < 4.78 is 15.5. The van der Waals surface area contributed by atoms with Gasteiger partial charge in [-0.05, 0) is 37.8 Å². The van der Waals surface area contributed by atoms with E-state index < -0.39 is 0 Å². The Bertz CT molecular complexity index is 665. The Hall–Kier alpha value is -2.17. The summed E-state index contributed by atoms with van der Waals surface area (Å²) in [6.07, 6.45) is 2.36. The molecular formula is C16H18FN3O. The minimum Gasteiger partial charge on any atom is -0.311 e. The standard InChI is InChI=1S/C16H18FN3O/c1-10(2)20-15(7-8-18-20)19-16(21)13-9-12(13)11-5-3-4-6-14(11)17/h3-8,10,12-13H,9H2,1-2H3,(H,19,21). The smallest absolute Gasteiger partial charge is 0.229 e. The molecule has 1 saturated carbocycles. The zero-order valence-corrected chi connectivity index (χ0v) is 12.1. The number of aromatic nitrogens is 2. The van der Waals surface area contributed by atoms with Gasteiger partial charge in [-0.3, -0.25) is 4.79 Å². The molecule has 1 fully saturated rings. The van der Waals surface area contributed by atoms with Gasteiger partial charge in [0.05, 0.1) is 6.20 Å². The first-order valence-electron chi connectivity index (χ1n) is 7.16. The van der Waals surface area contributed by atoms with E-state index in [-0.39, 0.29) is 29.6 Å². The topological polar surface area (TPSA) is 46.9 Å². The third kappa shape index (κ3) is 2.68. The van der Waals surface area contributed by atoms with E-state index in [1.54, 1.807) is 35.1 Å². The Labute approximate surface area is 123 Å². The van der Waals surface area contributed by atoms with E-state index in [4.69, 9.17) is 0 Å². The number of nitrogens with one attached hydrogen (secondary N) is 1. The highest BCUT2D eigenvalue weighted by Crippen LogP contribution is 2.48. The van der Waals surface area contributed by atoms with Crippen molar-refractivity contribution in [2.75, 3.05) is 5.32 Å². The predicted octanol–water partition coefficient (Wildman–Crippen LogP) is 3.35. The van der Waals surface area contributed by atoms with Crippen molar-refractivity contribution in [2.45, 2.75) is 32.2 Å². The highest BCUT2D eigenvalue weighted by atomic mass is 19.1. The van der Waals surface area contributed by atoms with Crippen molar-refractivity contribution in [3.05, 3.63) is 47.9 Å². The van der Waals surface area contributed by atoms with Crippen LogP contribution >= 0.6 is 0 Å². The fourth-order valence-electron chi connectivity index (χ4n) is 2.65. The summed E-state index contributed by atoms with van der Waals surface area (Å²) in [5.74, 6) is 0.226. The van der Waals surface area contributed by atoms with Crippen molar-refractivity contribution >= 4 is 11.7 Å². The van der Waals surface area contributed by atoms with E-state index in [1.807, 2.05) is 13.8 Å². The van der Waals surface area contributed by atoms with Gasteiger partial charge in [-0.25, -0.2) is 9.07 Å². The zero-order valence-electron chi connectivity index (χ0n) is 12.1. The van der Waals surface area contributed by atoms with Gasteiger partial charge >= 0.3 is 0 Å². The lowest BCUT2D eigenvalue weighted by molar-refractivity contribution is -0.117. The Balaban J connectivity index is 1.68. The monoisotopic (exact) mass is 287 g/mol. The fourth-order valence-corrected chi connectivity index (χ4v) is 2.65. The first-order chi connectivity index (χ1) is 10.1. The van der Waals surface area contributed by atoms with Crippen LogP contribution in [0.2, 0.25) is 0 Å². The SMILES string of the molecule is CC(C)n1nccc1NC(=O)C1CC1c1ccccc1F. The first-order valence-corrected chi connectivity index (χ1v) is 7.16.